The van der Waals surface area contributed by atoms with Crippen molar-refractivity contribution in [3.05, 3.63) is 126 Å². The molecule has 0 aliphatic carbocycles. The third kappa shape index (κ3) is 7.08. The van der Waals surface area contributed by atoms with Gasteiger partial charge in [0, 0.05) is 6.00 Å². The third-order valence-corrected chi connectivity index (χ3v) is 14.8. The normalized spacial score (nSPS) is 22.2. The molecule has 1 aliphatic heterocycles. The molecule has 46 heavy (non-hydrogen) atoms. The Kier molecular flexibility index (Phi) is 10.4. The molecule has 0 aromatic heterocycles. The smallest absolute Gasteiger partial charge is 0.297 e. The Bertz CT molecular complexity index is 1630. The maximum atomic E-state index is 13.5. The molecule has 2 radical (unpaired) electrons. The van der Waals surface area contributed by atoms with Crippen LogP contribution in [0.2, 0.25) is 5.04 Å². The molecule has 0 bridgehead atoms. The number of aryl methyl sites for hydroxylation is 1. The van der Waals surface area contributed by atoms with Gasteiger partial charge in [0.05, 0.1) is 18.1 Å². The molecule has 1 fully saturated rings. The predicted octanol–water partition coefficient (Wildman–Crippen LogP) is 4.49. The zero-order valence-corrected chi connectivity index (χ0v) is 28.5. The van der Waals surface area contributed by atoms with Gasteiger partial charge in [0.25, 0.3) is 18.4 Å². The standard InChI is InChI=1S/C36H41BO7SSi/c1-27-20-22-29(23-21-27)45(39,40)42-25-36(33(32(38)34(37)44-36)41-24-28-14-8-5-9-15-28)26-43-46(35(2,3)4,30-16-10-6-11-17-30)31-18-12-7-13-19-31/h5-23,32-34,38H,24-26H2,1-4H3. The lowest BCUT2D eigenvalue weighted by Crippen LogP contribution is -2.68. The summed E-state index contributed by atoms with van der Waals surface area (Å²) in [5, 5.41) is 13.0. The topological polar surface area (TPSA) is 91.3 Å². The van der Waals surface area contributed by atoms with Crippen LogP contribution in [0.1, 0.15) is 31.9 Å². The molecule has 4 aromatic carbocycles. The minimum absolute atomic E-state index is 0.00532. The van der Waals surface area contributed by atoms with Crippen LogP contribution in [0.15, 0.2) is 120 Å². The number of aliphatic hydroxyl groups is 1. The number of rotatable bonds is 12. The van der Waals surface area contributed by atoms with E-state index in [2.05, 4.69) is 45.0 Å². The summed E-state index contributed by atoms with van der Waals surface area (Å²) in [6.45, 7) is 7.78. The first-order valence-corrected chi connectivity index (χ1v) is 18.7. The fourth-order valence-electron chi connectivity index (χ4n) is 6.12. The molecule has 240 valence electrons. The first-order valence-electron chi connectivity index (χ1n) is 15.4. The minimum atomic E-state index is -4.22. The van der Waals surface area contributed by atoms with Gasteiger partial charge < -0.3 is 19.0 Å². The van der Waals surface area contributed by atoms with Crippen LogP contribution in [0.3, 0.4) is 0 Å². The Morgan fingerprint density at radius 1 is 0.826 bits per heavy atom. The molecule has 0 saturated carbocycles. The summed E-state index contributed by atoms with van der Waals surface area (Å²) >= 11 is 0. The fourth-order valence-corrected chi connectivity index (χ4v) is 11.7. The maximum absolute atomic E-state index is 13.5. The van der Waals surface area contributed by atoms with E-state index in [4.69, 9.17) is 25.9 Å². The molecule has 7 nitrogen and oxygen atoms in total. The maximum Gasteiger partial charge on any atom is 0.297 e. The Morgan fingerprint density at radius 3 is 1.87 bits per heavy atom. The number of hydrogen-bond donors (Lipinski definition) is 1. The molecule has 4 unspecified atom stereocenters. The quantitative estimate of drug-likeness (QED) is 0.178. The molecule has 0 spiro atoms. The minimum Gasteiger partial charge on any atom is -0.404 e. The lowest BCUT2D eigenvalue weighted by molar-refractivity contribution is -0.141. The SMILES string of the molecule is [B]C1OC(CO[Si](c2ccccc2)(c2ccccc2)C(C)(C)C)(COS(=O)(=O)c2ccc(C)cc2)C(OCc2ccccc2)C1O. The van der Waals surface area contributed by atoms with E-state index >= 15 is 0 Å². The summed E-state index contributed by atoms with van der Waals surface area (Å²) < 4.78 is 52.5. The van der Waals surface area contributed by atoms with Crippen molar-refractivity contribution < 1.29 is 31.6 Å². The van der Waals surface area contributed by atoms with Gasteiger partial charge in [-0.2, -0.15) is 8.42 Å². The number of benzene rings is 4. The van der Waals surface area contributed by atoms with Gasteiger partial charge in [-0.15, -0.1) is 0 Å². The van der Waals surface area contributed by atoms with Gasteiger partial charge in [0.1, 0.15) is 32.3 Å². The van der Waals surface area contributed by atoms with Crippen molar-refractivity contribution in [1.29, 1.82) is 0 Å². The van der Waals surface area contributed by atoms with Gasteiger partial charge in [0.15, 0.2) is 0 Å². The number of ether oxygens (including phenoxy) is 2. The van der Waals surface area contributed by atoms with Crippen LogP contribution in [-0.2, 0) is 34.8 Å². The Balaban J connectivity index is 1.57. The highest BCUT2D eigenvalue weighted by molar-refractivity contribution is 7.86. The number of aliphatic hydroxyl groups excluding tert-OH is 1. The van der Waals surface area contributed by atoms with Gasteiger partial charge >= 0.3 is 0 Å². The third-order valence-electron chi connectivity index (χ3n) is 8.53. The van der Waals surface area contributed by atoms with Gasteiger partial charge in [-0.3, -0.25) is 4.18 Å². The van der Waals surface area contributed by atoms with E-state index in [1.807, 2.05) is 73.7 Å². The van der Waals surface area contributed by atoms with E-state index in [0.29, 0.717) is 0 Å². The molecular formula is C36H41BO7SSi. The van der Waals surface area contributed by atoms with Crippen LogP contribution in [0.25, 0.3) is 0 Å². The van der Waals surface area contributed by atoms with Crippen LogP contribution in [0.4, 0.5) is 0 Å². The second kappa shape index (κ2) is 14.0. The summed E-state index contributed by atoms with van der Waals surface area (Å²) in [6, 6.07) is 34.8. The Hall–Kier alpha value is -3.09. The van der Waals surface area contributed by atoms with E-state index in [-0.39, 0.29) is 23.1 Å². The molecule has 4 aromatic rings. The molecule has 1 aliphatic rings. The highest BCUT2D eigenvalue weighted by Crippen LogP contribution is 2.40. The van der Waals surface area contributed by atoms with E-state index in [0.717, 1.165) is 21.5 Å². The van der Waals surface area contributed by atoms with Crippen LogP contribution >= 0.6 is 0 Å². The van der Waals surface area contributed by atoms with Crippen LogP contribution in [-0.4, -0.2) is 66.7 Å². The van der Waals surface area contributed by atoms with E-state index in [9.17, 15) is 13.5 Å². The van der Waals surface area contributed by atoms with Crippen molar-refractivity contribution in [2.75, 3.05) is 13.2 Å². The van der Waals surface area contributed by atoms with Gasteiger partial charge in [0.2, 0.25) is 0 Å². The van der Waals surface area contributed by atoms with Crippen molar-refractivity contribution in [2.45, 2.75) is 68.0 Å². The van der Waals surface area contributed by atoms with Crippen molar-refractivity contribution >= 4 is 36.7 Å². The lowest BCUT2D eigenvalue weighted by atomic mass is 9.89. The highest BCUT2D eigenvalue weighted by atomic mass is 32.2. The Labute approximate surface area is 275 Å². The highest BCUT2D eigenvalue weighted by Gasteiger charge is 2.58. The second-order valence-corrected chi connectivity index (χ2v) is 18.8. The molecule has 5 rings (SSSR count). The fraction of sp³-hybridized carbons (Fsp3) is 0.333. The van der Waals surface area contributed by atoms with Gasteiger partial charge in [-0.1, -0.05) is 129 Å². The summed E-state index contributed by atoms with van der Waals surface area (Å²) in [4.78, 5) is 0.00532. The van der Waals surface area contributed by atoms with Gasteiger partial charge in [-0.05, 0) is 40.0 Å². The van der Waals surface area contributed by atoms with Crippen LogP contribution in [0, 0.1) is 6.92 Å². The summed E-state index contributed by atoms with van der Waals surface area (Å²) in [5.41, 5.74) is 0.195. The van der Waals surface area contributed by atoms with E-state index in [1.165, 1.54) is 12.1 Å². The number of hydrogen-bond acceptors (Lipinski definition) is 7. The molecular weight excluding hydrogens is 615 g/mol. The molecule has 1 saturated heterocycles. The molecule has 10 heteroatoms. The van der Waals surface area contributed by atoms with Crippen LogP contribution < -0.4 is 10.4 Å². The summed E-state index contributed by atoms with van der Waals surface area (Å²) in [6.07, 6.45) is -2.36. The van der Waals surface area contributed by atoms with E-state index in [1.54, 1.807) is 12.1 Å². The second-order valence-electron chi connectivity index (χ2n) is 12.8. The van der Waals surface area contributed by atoms with Crippen molar-refractivity contribution in [1.82, 2.24) is 0 Å². The molecule has 1 heterocycles. The first kappa shape index (κ1) is 34.3. The summed E-state index contributed by atoms with van der Waals surface area (Å²) in [5.74, 6) is 0. The first-order chi connectivity index (χ1) is 21.9. The zero-order valence-electron chi connectivity index (χ0n) is 26.7. The monoisotopic (exact) mass is 656 g/mol. The average molecular weight is 657 g/mol. The largest absolute Gasteiger partial charge is 0.404 e. The van der Waals surface area contributed by atoms with Crippen molar-refractivity contribution in [3.8, 4) is 0 Å². The van der Waals surface area contributed by atoms with Crippen LogP contribution in [0.5, 0.6) is 0 Å². The molecule has 1 N–H and O–H groups in total. The molecule has 0 amide bonds. The van der Waals surface area contributed by atoms with Crippen molar-refractivity contribution in [3.63, 3.8) is 0 Å². The summed E-state index contributed by atoms with van der Waals surface area (Å²) in [7, 11) is -1.02. The van der Waals surface area contributed by atoms with Crippen molar-refractivity contribution in [2.24, 2.45) is 0 Å². The van der Waals surface area contributed by atoms with E-state index < -0.39 is 48.9 Å². The Morgan fingerprint density at radius 2 is 1.35 bits per heavy atom. The lowest BCUT2D eigenvalue weighted by Gasteiger charge is -2.45. The van der Waals surface area contributed by atoms with Gasteiger partial charge in [-0.25, -0.2) is 0 Å². The predicted molar refractivity (Wildman–Crippen MR) is 182 cm³/mol. The average Bonchev–Trinajstić information content (AvgIpc) is 3.29. The zero-order chi connectivity index (χ0) is 33.0. The molecule has 4 atom stereocenters.